The van der Waals surface area contributed by atoms with Crippen molar-refractivity contribution < 1.29 is 4.74 Å². The normalized spacial score (nSPS) is 10.8. The number of H-pyrrole nitrogens is 1. The topological polar surface area (TPSA) is 55.0 Å². The number of hydrogen-bond acceptors (Lipinski definition) is 3. The van der Waals surface area contributed by atoms with E-state index in [0.29, 0.717) is 16.7 Å². The number of aromatic amines is 1. The van der Waals surface area contributed by atoms with Crippen molar-refractivity contribution in [3.63, 3.8) is 0 Å². The van der Waals surface area contributed by atoms with Crippen LogP contribution in [0, 0.1) is 13.8 Å². The fraction of sp³-hybridized carbons (Fsp3) is 0.176. The Balaban J connectivity index is 1.88. The van der Waals surface area contributed by atoms with Crippen molar-refractivity contribution in [3.05, 3.63) is 69.8 Å². The first kappa shape index (κ1) is 13.4. The van der Waals surface area contributed by atoms with Gasteiger partial charge in [-0.2, -0.15) is 0 Å². The van der Waals surface area contributed by atoms with Crippen molar-refractivity contribution in [1.29, 1.82) is 0 Å². The van der Waals surface area contributed by atoms with Crippen molar-refractivity contribution in [3.8, 4) is 5.75 Å². The molecule has 0 atom stereocenters. The van der Waals surface area contributed by atoms with Gasteiger partial charge in [-0.05, 0) is 43.2 Å². The van der Waals surface area contributed by atoms with E-state index in [9.17, 15) is 4.79 Å². The maximum Gasteiger partial charge on any atom is 0.258 e. The number of aryl methyl sites for hydroxylation is 2. The third-order valence-corrected chi connectivity index (χ3v) is 3.37. The predicted octanol–water partition coefficient (Wildman–Crippen LogP) is 3.12. The van der Waals surface area contributed by atoms with E-state index in [2.05, 4.69) is 9.97 Å². The summed E-state index contributed by atoms with van der Waals surface area (Å²) in [6.07, 6.45) is 0. The van der Waals surface area contributed by atoms with Crippen LogP contribution >= 0.6 is 0 Å². The highest BCUT2D eigenvalue weighted by Crippen LogP contribution is 2.20. The van der Waals surface area contributed by atoms with E-state index in [0.717, 1.165) is 16.9 Å². The van der Waals surface area contributed by atoms with Gasteiger partial charge in [-0.1, -0.05) is 24.3 Å². The van der Waals surface area contributed by atoms with E-state index in [1.165, 1.54) is 0 Å². The first-order valence-corrected chi connectivity index (χ1v) is 6.81. The lowest BCUT2D eigenvalue weighted by Gasteiger charge is -2.09. The van der Waals surface area contributed by atoms with Crippen molar-refractivity contribution in [2.75, 3.05) is 0 Å². The molecule has 0 radical (unpaired) electrons. The molecule has 21 heavy (non-hydrogen) atoms. The van der Waals surface area contributed by atoms with Gasteiger partial charge >= 0.3 is 0 Å². The quantitative estimate of drug-likeness (QED) is 0.802. The molecule has 0 saturated carbocycles. The largest absolute Gasteiger partial charge is 0.485 e. The summed E-state index contributed by atoms with van der Waals surface area (Å²) in [6, 6.07) is 13.3. The third kappa shape index (κ3) is 2.79. The minimum Gasteiger partial charge on any atom is -0.485 e. The maximum absolute atomic E-state index is 12.0. The molecular formula is C17H16N2O2. The number of benzene rings is 2. The number of hydrogen-bond donors (Lipinski definition) is 1. The summed E-state index contributed by atoms with van der Waals surface area (Å²) in [6.45, 7) is 4.25. The van der Waals surface area contributed by atoms with Gasteiger partial charge in [0.1, 0.15) is 18.2 Å². The molecule has 3 rings (SSSR count). The SMILES string of the molecule is Cc1ccc(C)c(OCc2nc3ccccc3c(=O)[nH]2)c1. The fourth-order valence-electron chi connectivity index (χ4n) is 2.21. The van der Waals surface area contributed by atoms with Crippen LogP contribution in [0.15, 0.2) is 47.3 Å². The van der Waals surface area contributed by atoms with E-state index in [-0.39, 0.29) is 12.2 Å². The lowest BCUT2D eigenvalue weighted by atomic mass is 10.1. The molecule has 0 bridgehead atoms. The van der Waals surface area contributed by atoms with Gasteiger partial charge in [-0.3, -0.25) is 4.79 Å². The van der Waals surface area contributed by atoms with Crippen LogP contribution in [0.5, 0.6) is 5.75 Å². The Morgan fingerprint density at radius 2 is 1.95 bits per heavy atom. The average Bonchev–Trinajstić information content (AvgIpc) is 2.48. The molecule has 0 aliphatic carbocycles. The molecule has 1 aromatic heterocycles. The number of rotatable bonds is 3. The Labute approximate surface area is 122 Å². The van der Waals surface area contributed by atoms with Crippen molar-refractivity contribution >= 4 is 10.9 Å². The van der Waals surface area contributed by atoms with Crippen LogP contribution in [0.2, 0.25) is 0 Å². The number of aromatic nitrogens is 2. The Morgan fingerprint density at radius 3 is 2.81 bits per heavy atom. The van der Waals surface area contributed by atoms with E-state index in [1.54, 1.807) is 6.07 Å². The summed E-state index contributed by atoms with van der Waals surface area (Å²) in [4.78, 5) is 19.2. The molecule has 0 fully saturated rings. The number of para-hydroxylation sites is 1. The zero-order chi connectivity index (χ0) is 14.8. The minimum absolute atomic E-state index is 0.139. The first-order chi connectivity index (χ1) is 10.1. The molecule has 0 saturated heterocycles. The van der Waals surface area contributed by atoms with Crippen molar-refractivity contribution in [1.82, 2.24) is 9.97 Å². The van der Waals surface area contributed by atoms with E-state index in [1.807, 2.05) is 50.2 Å². The maximum atomic E-state index is 12.0. The van der Waals surface area contributed by atoms with Gasteiger partial charge in [-0.15, -0.1) is 0 Å². The molecule has 0 spiro atoms. The zero-order valence-corrected chi connectivity index (χ0v) is 12.0. The summed E-state index contributed by atoms with van der Waals surface area (Å²) in [5.74, 6) is 1.34. The Morgan fingerprint density at radius 1 is 1.14 bits per heavy atom. The van der Waals surface area contributed by atoms with Gasteiger partial charge in [-0.25, -0.2) is 4.98 Å². The molecule has 3 aromatic rings. The molecule has 106 valence electrons. The van der Waals surface area contributed by atoms with Gasteiger partial charge in [0.2, 0.25) is 0 Å². The summed E-state index contributed by atoms with van der Waals surface area (Å²) in [5.41, 5.74) is 2.74. The molecule has 1 N–H and O–H groups in total. The van der Waals surface area contributed by atoms with Crippen molar-refractivity contribution in [2.24, 2.45) is 0 Å². The molecule has 0 amide bonds. The van der Waals surface area contributed by atoms with E-state index in [4.69, 9.17) is 4.74 Å². The van der Waals surface area contributed by atoms with Crippen LogP contribution in [-0.4, -0.2) is 9.97 Å². The van der Waals surface area contributed by atoms with Crippen LogP contribution < -0.4 is 10.3 Å². The van der Waals surface area contributed by atoms with Crippen LogP contribution in [0.25, 0.3) is 10.9 Å². The van der Waals surface area contributed by atoms with Crippen LogP contribution in [0.4, 0.5) is 0 Å². The number of nitrogens with zero attached hydrogens (tertiary/aromatic N) is 1. The molecule has 2 aromatic carbocycles. The molecule has 4 heteroatoms. The smallest absolute Gasteiger partial charge is 0.258 e. The lowest BCUT2D eigenvalue weighted by molar-refractivity contribution is 0.294. The second kappa shape index (κ2) is 5.40. The van der Waals surface area contributed by atoms with Gasteiger partial charge in [0.05, 0.1) is 10.9 Å². The Bertz CT molecular complexity index is 853. The molecule has 0 unspecified atom stereocenters. The second-order valence-electron chi connectivity index (χ2n) is 5.09. The second-order valence-corrected chi connectivity index (χ2v) is 5.09. The summed E-state index contributed by atoms with van der Waals surface area (Å²) in [5, 5.41) is 0.591. The van der Waals surface area contributed by atoms with Gasteiger partial charge in [0.25, 0.3) is 5.56 Å². The molecule has 1 heterocycles. The summed E-state index contributed by atoms with van der Waals surface area (Å²) < 4.78 is 5.77. The average molecular weight is 280 g/mol. The predicted molar refractivity (Wildman–Crippen MR) is 82.6 cm³/mol. The summed E-state index contributed by atoms with van der Waals surface area (Å²) >= 11 is 0. The van der Waals surface area contributed by atoms with Crippen LogP contribution in [-0.2, 0) is 6.61 Å². The lowest BCUT2D eigenvalue weighted by Crippen LogP contribution is -2.13. The van der Waals surface area contributed by atoms with Crippen molar-refractivity contribution in [2.45, 2.75) is 20.5 Å². The molecular weight excluding hydrogens is 264 g/mol. The van der Waals surface area contributed by atoms with Gasteiger partial charge < -0.3 is 9.72 Å². The highest BCUT2D eigenvalue weighted by atomic mass is 16.5. The number of nitrogens with one attached hydrogen (secondary N) is 1. The molecule has 0 aliphatic heterocycles. The van der Waals surface area contributed by atoms with Crippen LogP contribution in [0.1, 0.15) is 17.0 Å². The third-order valence-electron chi connectivity index (χ3n) is 3.37. The summed E-state index contributed by atoms with van der Waals surface area (Å²) in [7, 11) is 0. The number of ether oxygens (including phenoxy) is 1. The minimum atomic E-state index is -0.139. The van der Waals surface area contributed by atoms with E-state index >= 15 is 0 Å². The molecule has 4 nitrogen and oxygen atoms in total. The standard InChI is InChI=1S/C17H16N2O2/c1-11-7-8-12(2)15(9-11)21-10-16-18-14-6-4-3-5-13(14)17(20)19-16/h3-9H,10H2,1-2H3,(H,18,19,20). The first-order valence-electron chi connectivity index (χ1n) is 6.81. The Hall–Kier alpha value is -2.62. The molecule has 0 aliphatic rings. The monoisotopic (exact) mass is 280 g/mol. The van der Waals surface area contributed by atoms with Crippen LogP contribution in [0.3, 0.4) is 0 Å². The van der Waals surface area contributed by atoms with Gasteiger partial charge in [0, 0.05) is 0 Å². The fourth-order valence-corrected chi connectivity index (χ4v) is 2.21. The zero-order valence-electron chi connectivity index (χ0n) is 12.0. The Kier molecular flexibility index (Phi) is 3.44. The highest BCUT2D eigenvalue weighted by molar-refractivity contribution is 5.77. The highest BCUT2D eigenvalue weighted by Gasteiger charge is 2.05. The van der Waals surface area contributed by atoms with E-state index < -0.39 is 0 Å². The number of fused-ring (bicyclic) bond motifs is 1. The van der Waals surface area contributed by atoms with Gasteiger partial charge in [0.15, 0.2) is 0 Å².